The van der Waals surface area contributed by atoms with Gasteiger partial charge in [-0.3, -0.25) is 4.79 Å². The van der Waals surface area contributed by atoms with Gasteiger partial charge in [0.05, 0.1) is 5.60 Å². The van der Waals surface area contributed by atoms with E-state index >= 15 is 0 Å². The predicted octanol–water partition coefficient (Wildman–Crippen LogP) is 2.74. The number of ether oxygens (including phenoxy) is 2. The first-order valence-corrected chi connectivity index (χ1v) is 10.5. The molecule has 1 amide bonds. The molecule has 1 unspecified atom stereocenters. The van der Waals surface area contributed by atoms with E-state index in [1.54, 1.807) is 0 Å². The van der Waals surface area contributed by atoms with Crippen molar-refractivity contribution in [3.63, 3.8) is 0 Å². The Morgan fingerprint density at radius 3 is 2.56 bits per heavy atom. The van der Waals surface area contributed by atoms with E-state index in [9.17, 15) is 4.79 Å². The fraction of sp³-hybridized carbons (Fsp3) is 0.682. The van der Waals surface area contributed by atoms with Crippen molar-refractivity contribution in [2.75, 3.05) is 32.9 Å². The quantitative estimate of drug-likeness (QED) is 0.883. The number of nitrogens with one attached hydrogen (secondary N) is 1. The van der Waals surface area contributed by atoms with E-state index < -0.39 is 0 Å². The standard InChI is InChI=1S/C22H32N2O3/c25-21(23-17-18-4-2-1-3-5-18)19-6-11-24(12-7-19)20-8-13-27-22(16-20)9-14-26-15-10-22/h1-5,19-20H,6-17H2,(H,23,25). The molecule has 4 rings (SSSR count). The van der Waals surface area contributed by atoms with Crippen LogP contribution in [0.1, 0.15) is 44.1 Å². The van der Waals surface area contributed by atoms with E-state index in [1.807, 2.05) is 18.2 Å². The molecule has 27 heavy (non-hydrogen) atoms. The van der Waals surface area contributed by atoms with Crippen LogP contribution in [0.25, 0.3) is 0 Å². The van der Waals surface area contributed by atoms with E-state index in [0.717, 1.165) is 77.0 Å². The molecule has 1 aromatic carbocycles. The summed E-state index contributed by atoms with van der Waals surface area (Å²) in [5.41, 5.74) is 1.21. The van der Waals surface area contributed by atoms with Gasteiger partial charge in [-0.05, 0) is 57.2 Å². The van der Waals surface area contributed by atoms with Gasteiger partial charge >= 0.3 is 0 Å². The van der Waals surface area contributed by atoms with Gasteiger partial charge in [0.15, 0.2) is 0 Å². The lowest BCUT2D eigenvalue weighted by Gasteiger charge is -2.47. The third kappa shape index (κ3) is 4.71. The van der Waals surface area contributed by atoms with Gasteiger partial charge < -0.3 is 19.7 Å². The van der Waals surface area contributed by atoms with Crippen LogP contribution in [0.15, 0.2) is 30.3 Å². The lowest BCUT2D eigenvalue weighted by Crippen LogP contribution is -2.53. The van der Waals surface area contributed by atoms with Crippen LogP contribution in [0.5, 0.6) is 0 Å². The third-order valence-electron chi connectivity index (χ3n) is 6.60. The van der Waals surface area contributed by atoms with Crippen LogP contribution < -0.4 is 5.32 Å². The summed E-state index contributed by atoms with van der Waals surface area (Å²) >= 11 is 0. The number of carbonyl (C=O) groups excluding carboxylic acids is 1. The minimum atomic E-state index is 0.0467. The fourth-order valence-electron chi connectivity index (χ4n) is 4.86. The second-order valence-corrected chi connectivity index (χ2v) is 8.30. The predicted molar refractivity (Wildman–Crippen MR) is 104 cm³/mol. The Labute approximate surface area is 162 Å². The van der Waals surface area contributed by atoms with Crippen molar-refractivity contribution in [3.05, 3.63) is 35.9 Å². The number of nitrogens with zero attached hydrogens (tertiary/aromatic N) is 1. The SMILES string of the molecule is O=C(NCc1ccccc1)C1CCN(C2CCOC3(CCOCC3)C2)CC1. The maximum Gasteiger partial charge on any atom is 0.223 e. The van der Waals surface area contributed by atoms with Crippen molar-refractivity contribution in [2.45, 2.75) is 56.7 Å². The number of piperidine rings is 1. The summed E-state index contributed by atoms with van der Waals surface area (Å²) in [7, 11) is 0. The molecule has 5 heteroatoms. The minimum Gasteiger partial charge on any atom is -0.381 e. The second-order valence-electron chi connectivity index (χ2n) is 8.30. The van der Waals surface area contributed by atoms with E-state index in [4.69, 9.17) is 9.47 Å². The molecule has 5 nitrogen and oxygen atoms in total. The summed E-state index contributed by atoms with van der Waals surface area (Å²) in [4.78, 5) is 15.1. The lowest BCUT2D eigenvalue weighted by molar-refractivity contribution is -0.153. The maximum atomic E-state index is 12.5. The first-order chi connectivity index (χ1) is 13.2. The molecule has 1 aromatic rings. The number of likely N-dealkylation sites (tertiary alicyclic amines) is 1. The first-order valence-electron chi connectivity index (χ1n) is 10.5. The molecule has 0 radical (unpaired) electrons. The Morgan fingerprint density at radius 1 is 1.07 bits per heavy atom. The molecule has 3 heterocycles. The van der Waals surface area contributed by atoms with Gasteiger partial charge in [0.2, 0.25) is 5.91 Å². The van der Waals surface area contributed by atoms with Crippen LogP contribution in [0, 0.1) is 5.92 Å². The number of benzene rings is 1. The van der Waals surface area contributed by atoms with Crippen LogP contribution in [0.3, 0.4) is 0 Å². The molecule has 0 aliphatic carbocycles. The molecule has 1 N–H and O–H groups in total. The Hall–Kier alpha value is -1.43. The largest absolute Gasteiger partial charge is 0.381 e. The number of carbonyl (C=O) groups is 1. The van der Waals surface area contributed by atoms with Gasteiger partial charge in [0.25, 0.3) is 0 Å². The highest BCUT2D eigenvalue weighted by Gasteiger charge is 2.41. The second kappa shape index (κ2) is 8.72. The van der Waals surface area contributed by atoms with E-state index in [-0.39, 0.29) is 17.4 Å². The summed E-state index contributed by atoms with van der Waals surface area (Å²) in [6.45, 7) is 5.21. The monoisotopic (exact) mass is 372 g/mol. The fourth-order valence-corrected chi connectivity index (χ4v) is 4.86. The van der Waals surface area contributed by atoms with Gasteiger partial charge in [0.1, 0.15) is 0 Å². The van der Waals surface area contributed by atoms with Crippen molar-refractivity contribution in [3.8, 4) is 0 Å². The Bertz CT molecular complexity index is 602. The molecule has 3 fully saturated rings. The molecule has 3 aliphatic heterocycles. The highest BCUT2D eigenvalue weighted by atomic mass is 16.5. The number of hydrogen-bond donors (Lipinski definition) is 1. The zero-order valence-electron chi connectivity index (χ0n) is 16.2. The molecule has 1 atom stereocenters. The molecule has 1 spiro atoms. The molecular formula is C22H32N2O3. The topological polar surface area (TPSA) is 50.8 Å². The van der Waals surface area contributed by atoms with Crippen molar-refractivity contribution in [1.29, 1.82) is 0 Å². The summed E-state index contributed by atoms with van der Waals surface area (Å²) in [6.07, 6.45) is 6.24. The van der Waals surface area contributed by atoms with Crippen molar-refractivity contribution < 1.29 is 14.3 Å². The number of rotatable bonds is 4. The van der Waals surface area contributed by atoms with Crippen LogP contribution in [-0.4, -0.2) is 55.4 Å². The Kier molecular flexibility index (Phi) is 6.11. The van der Waals surface area contributed by atoms with E-state index in [2.05, 4.69) is 22.3 Å². The normalized spacial score (nSPS) is 26.7. The first kappa shape index (κ1) is 18.9. The Balaban J connectivity index is 1.24. The van der Waals surface area contributed by atoms with Gasteiger partial charge in [-0.25, -0.2) is 0 Å². The van der Waals surface area contributed by atoms with Gasteiger partial charge in [-0.15, -0.1) is 0 Å². The molecule has 0 bridgehead atoms. The summed E-state index contributed by atoms with van der Waals surface area (Å²) in [6, 6.07) is 10.7. The lowest BCUT2D eigenvalue weighted by atomic mass is 9.82. The Morgan fingerprint density at radius 2 is 1.81 bits per heavy atom. The average Bonchev–Trinajstić information content (AvgIpc) is 2.73. The van der Waals surface area contributed by atoms with E-state index in [1.165, 1.54) is 0 Å². The molecule has 148 valence electrons. The molecular weight excluding hydrogens is 340 g/mol. The molecule has 0 saturated carbocycles. The van der Waals surface area contributed by atoms with Crippen molar-refractivity contribution in [1.82, 2.24) is 10.2 Å². The third-order valence-corrected chi connectivity index (χ3v) is 6.60. The van der Waals surface area contributed by atoms with Crippen molar-refractivity contribution >= 4 is 5.91 Å². The van der Waals surface area contributed by atoms with Crippen LogP contribution >= 0.6 is 0 Å². The highest BCUT2D eigenvalue weighted by Crippen LogP contribution is 2.37. The highest BCUT2D eigenvalue weighted by molar-refractivity contribution is 5.78. The smallest absolute Gasteiger partial charge is 0.223 e. The zero-order chi connectivity index (χ0) is 18.5. The van der Waals surface area contributed by atoms with Crippen LogP contribution in [0.2, 0.25) is 0 Å². The van der Waals surface area contributed by atoms with Gasteiger partial charge in [-0.1, -0.05) is 30.3 Å². The molecule has 3 aliphatic rings. The minimum absolute atomic E-state index is 0.0467. The molecule has 3 saturated heterocycles. The van der Waals surface area contributed by atoms with Gasteiger partial charge in [0, 0.05) is 38.3 Å². The number of hydrogen-bond acceptors (Lipinski definition) is 4. The van der Waals surface area contributed by atoms with Crippen LogP contribution in [-0.2, 0) is 20.8 Å². The average molecular weight is 373 g/mol. The van der Waals surface area contributed by atoms with E-state index in [0.29, 0.717) is 12.6 Å². The zero-order valence-corrected chi connectivity index (χ0v) is 16.2. The maximum absolute atomic E-state index is 12.5. The van der Waals surface area contributed by atoms with Crippen molar-refractivity contribution in [2.24, 2.45) is 5.92 Å². The van der Waals surface area contributed by atoms with Gasteiger partial charge in [-0.2, -0.15) is 0 Å². The molecule has 0 aromatic heterocycles. The summed E-state index contributed by atoms with van der Waals surface area (Å²) in [5.74, 6) is 0.369. The summed E-state index contributed by atoms with van der Waals surface area (Å²) in [5, 5.41) is 3.12. The number of amides is 1. The summed E-state index contributed by atoms with van der Waals surface area (Å²) < 4.78 is 11.7. The van der Waals surface area contributed by atoms with Crippen LogP contribution in [0.4, 0.5) is 0 Å².